The summed E-state index contributed by atoms with van der Waals surface area (Å²) >= 11 is 0. The Kier molecular flexibility index (Phi) is 1.83. The fraction of sp³-hybridized carbons (Fsp3) is 0. The van der Waals surface area contributed by atoms with Crippen molar-refractivity contribution in [2.45, 2.75) is 0 Å². The van der Waals surface area contributed by atoms with Crippen LogP contribution in [0.4, 0.5) is 11.4 Å². The lowest BCUT2D eigenvalue weighted by atomic mass is 10.1. The molecule has 3 nitrogen and oxygen atoms in total. The van der Waals surface area contributed by atoms with Gasteiger partial charge in [0.2, 0.25) is 0 Å². The van der Waals surface area contributed by atoms with Crippen molar-refractivity contribution in [3.05, 3.63) is 60.8 Å². The number of aromatic nitrogens is 2. The molecule has 1 aliphatic rings. The highest BCUT2D eigenvalue weighted by Crippen LogP contribution is 2.37. The molecule has 0 aliphatic carbocycles. The molecule has 18 heavy (non-hydrogen) atoms. The fourth-order valence-electron chi connectivity index (χ4n) is 2.42. The molecule has 2 heterocycles. The highest BCUT2D eigenvalue weighted by Gasteiger charge is 2.17. The molecule has 1 aromatic heterocycles. The summed E-state index contributed by atoms with van der Waals surface area (Å²) in [5.41, 5.74) is 5.56. The topological polar surface area (TPSA) is 29.9 Å². The summed E-state index contributed by atoms with van der Waals surface area (Å²) in [5.74, 6) is 0. The lowest BCUT2D eigenvalue weighted by Gasteiger charge is -2.08. The maximum absolute atomic E-state index is 4.43. The average molecular weight is 233 g/mol. The average Bonchev–Trinajstić information content (AvgIpc) is 2.84. The molecular weight excluding hydrogens is 222 g/mol. The number of para-hydroxylation sites is 3. The van der Waals surface area contributed by atoms with E-state index in [2.05, 4.69) is 34.7 Å². The molecule has 86 valence electrons. The van der Waals surface area contributed by atoms with E-state index in [-0.39, 0.29) is 0 Å². The number of nitrogens with zero attached hydrogens (tertiary/aromatic N) is 2. The highest BCUT2D eigenvalue weighted by atomic mass is 15.3. The zero-order chi connectivity index (χ0) is 11.9. The first-order valence-electron chi connectivity index (χ1n) is 5.93. The van der Waals surface area contributed by atoms with Crippen molar-refractivity contribution in [3.63, 3.8) is 0 Å². The lowest BCUT2D eigenvalue weighted by Crippen LogP contribution is -1.98. The molecule has 3 aromatic rings. The van der Waals surface area contributed by atoms with E-state index in [9.17, 15) is 0 Å². The lowest BCUT2D eigenvalue weighted by molar-refractivity contribution is 0.893. The van der Waals surface area contributed by atoms with Crippen molar-refractivity contribution < 1.29 is 0 Å². The predicted molar refractivity (Wildman–Crippen MR) is 72.3 cm³/mol. The SMILES string of the molecule is c1ccc2c(c1)Nc1ccccc1-n1nccc1-2. The second-order valence-corrected chi connectivity index (χ2v) is 4.32. The van der Waals surface area contributed by atoms with Crippen LogP contribution in [0.2, 0.25) is 0 Å². The van der Waals surface area contributed by atoms with Crippen LogP contribution < -0.4 is 5.32 Å². The molecule has 3 heteroatoms. The van der Waals surface area contributed by atoms with E-state index in [1.54, 1.807) is 0 Å². The second-order valence-electron chi connectivity index (χ2n) is 4.32. The molecule has 0 unspecified atom stereocenters. The Bertz CT molecular complexity index is 668. The third-order valence-electron chi connectivity index (χ3n) is 3.25. The minimum absolute atomic E-state index is 1.08. The fourth-order valence-corrected chi connectivity index (χ4v) is 2.42. The van der Waals surface area contributed by atoms with Crippen LogP contribution in [0.3, 0.4) is 0 Å². The van der Waals surface area contributed by atoms with E-state index in [1.165, 1.54) is 5.56 Å². The number of hydrogen-bond donors (Lipinski definition) is 1. The van der Waals surface area contributed by atoms with Crippen LogP contribution in [-0.4, -0.2) is 9.78 Å². The van der Waals surface area contributed by atoms with Crippen LogP contribution in [-0.2, 0) is 0 Å². The Morgan fingerprint density at radius 3 is 2.56 bits per heavy atom. The summed E-state index contributed by atoms with van der Waals surface area (Å²) in [6, 6.07) is 18.5. The molecule has 2 aromatic carbocycles. The van der Waals surface area contributed by atoms with Gasteiger partial charge >= 0.3 is 0 Å². The Morgan fingerprint density at radius 1 is 0.833 bits per heavy atom. The molecule has 1 aliphatic heterocycles. The van der Waals surface area contributed by atoms with Crippen LogP contribution in [0.25, 0.3) is 16.9 Å². The van der Waals surface area contributed by atoms with Gasteiger partial charge in [-0.3, -0.25) is 0 Å². The van der Waals surface area contributed by atoms with Crippen LogP contribution in [0.1, 0.15) is 0 Å². The van der Waals surface area contributed by atoms with E-state index in [4.69, 9.17) is 0 Å². The zero-order valence-electron chi connectivity index (χ0n) is 9.67. The molecule has 0 amide bonds. The summed E-state index contributed by atoms with van der Waals surface area (Å²) < 4.78 is 1.98. The third kappa shape index (κ3) is 1.21. The molecule has 4 rings (SSSR count). The van der Waals surface area contributed by atoms with Gasteiger partial charge in [-0.1, -0.05) is 30.3 Å². The van der Waals surface area contributed by atoms with E-state index < -0.39 is 0 Å². The molecular formula is C15H11N3. The molecule has 0 saturated heterocycles. The van der Waals surface area contributed by atoms with Gasteiger partial charge in [0, 0.05) is 11.3 Å². The van der Waals surface area contributed by atoms with Crippen molar-refractivity contribution in [2.75, 3.05) is 5.32 Å². The van der Waals surface area contributed by atoms with Crippen LogP contribution >= 0.6 is 0 Å². The van der Waals surface area contributed by atoms with E-state index in [0.717, 1.165) is 22.8 Å². The normalized spacial score (nSPS) is 11.8. The van der Waals surface area contributed by atoms with Gasteiger partial charge in [0.15, 0.2) is 0 Å². The maximum Gasteiger partial charge on any atom is 0.0887 e. The molecule has 0 saturated carbocycles. The smallest absolute Gasteiger partial charge is 0.0887 e. The third-order valence-corrected chi connectivity index (χ3v) is 3.25. The van der Waals surface area contributed by atoms with Crippen molar-refractivity contribution in [1.29, 1.82) is 0 Å². The van der Waals surface area contributed by atoms with Gasteiger partial charge in [-0.2, -0.15) is 5.10 Å². The Hall–Kier alpha value is -2.55. The van der Waals surface area contributed by atoms with Crippen LogP contribution in [0, 0.1) is 0 Å². The Balaban J connectivity index is 2.12. The summed E-state index contributed by atoms with van der Waals surface area (Å²) in [7, 11) is 0. The van der Waals surface area contributed by atoms with Crippen molar-refractivity contribution >= 4 is 11.4 Å². The monoisotopic (exact) mass is 233 g/mol. The van der Waals surface area contributed by atoms with Crippen molar-refractivity contribution in [1.82, 2.24) is 9.78 Å². The van der Waals surface area contributed by atoms with Crippen LogP contribution in [0.5, 0.6) is 0 Å². The van der Waals surface area contributed by atoms with Gasteiger partial charge in [0.1, 0.15) is 0 Å². The van der Waals surface area contributed by atoms with Crippen molar-refractivity contribution in [2.24, 2.45) is 0 Å². The summed E-state index contributed by atoms with van der Waals surface area (Å²) in [4.78, 5) is 0. The highest BCUT2D eigenvalue weighted by molar-refractivity contribution is 5.85. The van der Waals surface area contributed by atoms with E-state index in [0.29, 0.717) is 0 Å². The largest absolute Gasteiger partial charge is 0.353 e. The molecule has 0 radical (unpaired) electrons. The zero-order valence-corrected chi connectivity index (χ0v) is 9.67. The number of hydrogen-bond acceptors (Lipinski definition) is 2. The van der Waals surface area contributed by atoms with E-state index >= 15 is 0 Å². The Labute approximate surface area is 105 Å². The molecule has 0 bridgehead atoms. The molecule has 0 spiro atoms. The van der Waals surface area contributed by atoms with Gasteiger partial charge in [-0.15, -0.1) is 0 Å². The predicted octanol–water partition coefficient (Wildman–Crippen LogP) is 3.60. The number of fused-ring (bicyclic) bond motifs is 5. The second kappa shape index (κ2) is 3.47. The quantitative estimate of drug-likeness (QED) is 0.503. The Morgan fingerprint density at radius 2 is 1.61 bits per heavy atom. The van der Waals surface area contributed by atoms with Crippen molar-refractivity contribution in [3.8, 4) is 16.9 Å². The van der Waals surface area contributed by atoms with Gasteiger partial charge in [0.25, 0.3) is 0 Å². The summed E-state index contributed by atoms with van der Waals surface area (Å²) in [6.07, 6.45) is 1.84. The number of rotatable bonds is 0. The molecule has 0 fully saturated rings. The van der Waals surface area contributed by atoms with Crippen LogP contribution in [0.15, 0.2) is 60.8 Å². The standard InChI is InChI=1S/C15H11N3/c1-2-6-12-11(5-1)14-9-10-16-18(14)15-8-4-3-7-13(15)17-12/h1-10,17H. The maximum atomic E-state index is 4.43. The first kappa shape index (κ1) is 9.48. The van der Waals surface area contributed by atoms with Gasteiger partial charge in [-0.25, -0.2) is 4.68 Å². The van der Waals surface area contributed by atoms with Gasteiger partial charge < -0.3 is 5.32 Å². The van der Waals surface area contributed by atoms with Gasteiger partial charge in [-0.05, 0) is 24.3 Å². The number of benzene rings is 2. The summed E-state index contributed by atoms with van der Waals surface area (Å²) in [6.45, 7) is 0. The molecule has 0 atom stereocenters. The van der Waals surface area contributed by atoms with E-state index in [1.807, 2.05) is 41.2 Å². The minimum Gasteiger partial charge on any atom is -0.353 e. The first-order valence-corrected chi connectivity index (χ1v) is 5.93. The number of anilines is 2. The number of nitrogens with one attached hydrogen (secondary N) is 1. The molecule has 1 N–H and O–H groups in total. The minimum atomic E-state index is 1.08. The van der Waals surface area contributed by atoms with Gasteiger partial charge in [0.05, 0.1) is 23.3 Å². The summed E-state index contributed by atoms with van der Waals surface area (Å²) in [5, 5.41) is 7.91. The first-order chi connectivity index (χ1) is 8.93.